The lowest BCUT2D eigenvalue weighted by Gasteiger charge is -2.14. The zero-order valence-corrected chi connectivity index (χ0v) is 10.7. The van der Waals surface area contributed by atoms with Gasteiger partial charge >= 0.3 is 11.9 Å². The van der Waals surface area contributed by atoms with Gasteiger partial charge in [-0.2, -0.15) is 0 Å². The monoisotopic (exact) mass is 248 g/mol. The molecule has 0 saturated carbocycles. The third-order valence-electron chi connectivity index (χ3n) is 2.53. The van der Waals surface area contributed by atoms with Crippen molar-refractivity contribution in [3.05, 3.63) is 47.5 Å². The molecule has 0 aliphatic rings. The van der Waals surface area contributed by atoms with Crippen LogP contribution in [-0.4, -0.2) is 25.2 Å². The minimum absolute atomic E-state index is 0.192. The summed E-state index contributed by atoms with van der Waals surface area (Å²) in [6, 6.07) is 6.37. The Balaban J connectivity index is 2.99. The average Bonchev–Trinajstić information content (AvgIpc) is 2.37. The Bertz CT molecular complexity index is 476. The highest BCUT2D eigenvalue weighted by atomic mass is 16.5. The van der Waals surface area contributed by atoms with Crippen molar-refractivity contribution >= 4 is 11.9 Å². The number of carbonyl (C=O) groups is 2. The second-order valence-corrected chi connectivity index (χ2v) is 3.93. The van der Waals surface area contributed by atoms with Crippen molar-refractivity contribution in [1.82, 2.24) is 0 Å². The smallest absolute Gasteiger partial charge is 0.339 e. The fourth-order valence-corrected chi connectivity index (χ4v) is 1.27. The summed E-state index contributed by atoms with van der Waals surface area (Å²) in [5.74, 6) is -1.13. The van der Waals surface area contributed by atoms with Crippen molar-refractivity contribution in [2.75, 3.05) is 7.11 Å². The fraction of sp³-hybridized carbons (Fsp3) is 0.286. The van der Waals surface area contributed by atoms with Crippen molar-refractivity contribution in [2.45, 2.75) is 20.0 Å². The van der Waals surface area contributed by atoms with Crippen LogP contribution in [0, 0.1) is 0 Å². The molecule has 0 heterocycles. The van der Waals surface area contributed by atoms with E-state index in [1.54, 1.807) is 26.0 Å². The Morgan fingerprint density at radius 3 is 2.11 bits per heavy atom. The second-order valence-electron chi connectivity index (χ2n) is 3.93. The van der Waals surface area contributed by atoms with Crippen LogP contribution in [0.25, 0.3) is 0 Å². The van der Waals surface area contributed by atoms with E-state index in [-0.39, 0.29) is 11.1 Å². The number of rotatable bonds is 4. The number of methoxy groups -OCH3 is 1. The molecule has 0 amide bonds. The van der Waals surface area contributed by atoms with Gasteiger partial charge in [0.05, 0.1) is 18.2 Å². The van der Waals surface area contributed by atoms with Gasteiger partial charge < -0.3 is 9.47 Å². The summed E-state index contributed by atoms with van der Waals surface area (Å²) in [5, 5.41) is 0. The molecule has 0 bridgehead atoms. The molecule has 1 unspecified atom stereocenters. The van der Waals surface area contributed by atoms with Crippen molar-refractivity contribution in [3.8, 4) is 0 Å². The van der Waals surface area contributed by atoms with Gasteiger partial charge in [-0.05, 0) is 31.6 Å². The lowest BCUT2D eigenvalue weighted by atomic mass is 10.1. The van der Waals surface area contributed by atoms with Gasteiger partial charge in [-0.15, -0.1) is 0 Å². The van der Waals surface area contributed by atoms with Crippen LogP contribution in [0.2, 0.25) is 0 Å². The van der Waals surface area contributed by atoms with Crippen LogP contribution >= 0.6 is 0 Å². The molecule has 0 radical (unpaired) electrons. The zero-order valence-electron chi connectivity index (χ0n) is 10.7. The van der Waals surface area contributed by atoms with Crippen LogP contribution in [0.3, 0.4) is 0 Å². The number of hydrogen-bond acceptors (Lipinski definition) is 4. The predicted octanol–water partition coefficient (Wildman–Crippen LogP) is 2.59. The summed E-state index contributed by atoms with van der Waals surface area (Å²) >= 11 is 0. The van der Waals surface area contributed by atoms with E-state index >= 15 is 0 Å². The first-order chi connectivity index (χ1) is 8.47. The summed E-state index contributed by atoms with van der Waals surface area (Å²) in [5.41, 5.74) is 1.12. The summed E-state index contributed by atoms with van der Waals surface area (Å²) in [6.07, 6.45) is -0.400. The van der Waals surface area contributed by atoms with Crippen LogP contribution in [0.5, 0.6) is 0 Å². The van der Waals surface area contributed by atoms with Gasteiger partial charge in [0, 0.05) is 0 Å². The van der Waals surface area contributed by atoms with Crippen LogP contribution in [-0.2, 0) is 9.47 Å². The molecular formula is C14H16O4. The molecule has 1 aromatic rings. The Morgan fingerprint density at radius 2 is 1.67 bits per heavy atom. The van der Waals surface area contributed by atoms with E-state index in [0.717, 1.165) is 5.57 Å². The van der Waals surface area contributed by atoms with Gasteiger partial charge in [0.1, 0.15) is 6.10 Å². The lowest BCUT2D eigenvalue weighted by molar-refractivity contribution is 0.0396. The van der Waals surface area contributed by atoms with E-state index < -0.39 is 18.0 Å². The standard InChI is InChI=1S/C14H16O4/c1-9(2)10(3)18-14(16)12-8-6-5-7-11(12)13(15)17-4/h5-8,10H,1H2,2-4H3. The molecule has 0 aliphatic heterocycles. The Hall–Kier alpha value is -2.10. The SMILES string of the molecule is C=C(C)C(C)OC(=O)c1ccccc1C(=O)OC. The molecule has 4 heteroatoms. The first kappa shape index (κ1) is 14.0. The number of ether oxygens (including phenoxy) is 2. The quantitative estimate of drug-likeness (QED) is 0.607. The summed E-state index contributed by atoms with van der Waals surface area (Å²) in [7, 11) is 1.26. The maximum Gasteiger partial charge on any atom is 0.339 e. The maximum absolute atomic E-state index is 11.9. The van der Waals surface area contributed by atoms with E-state index in [9.17, 15) is 9.59 Å². The minimum atomic E-state index is -0.564. The molecule has 0 aromatic heterocycles. The van der Waals surface area contributed by atoms with Crippen LogP contribution < -0.4 is 0 Å². The molecule has 0 fully saturated rings. The molecule has 0 N–H and O–H groups in total. The predicted molar refractivity (Wildman–Crippen MR) is 67.5 cm³/mol. The van der Waals surface area contributed by atoms with Crippen molar-refractivity contribution in [1.29, 1.82) is 0 Å². The third kappa shape index (κ3) is 3.20. The van der Waals surface area contributed by atoms with Crippen molar-refractivity contribution in [3.63, 3.8) is 0 Å². The normalized spacial score (nSPS) is 11.5. The number of carbonyl (C=O) groups excluding carboxylic acids is 2. The highest BCUT2D eigenvalue weighted by Crippen LogP contribution is 2.14. The topological polar surface area (TPSA) is 52.6 Å². The van der Waals surface area contributed by atoms with E-state index in [0.29, 0.717) is 0 Å². The fourth-order valence-electron chi connectivity index (χ4n) is 1.27. The van der Waals surface area contributed by atoms with Crippen molar-refractivity contribution < 1.29 is 19.1 Å². The second kappa shape index (κ2) is 6.00. The van der Waals surface area contributed by atoms with E-state index in [2.05, 4.69) is 11.3 Å². The Morgan fingerprint density at radius 1 is 1.17 bits per heavy atom. The maximum atomic E-state index is 11.9. The molecule has 0 spiro atoms. The molecule has 0 aliphatic carbocycles. The van der Waals surface area contributed by atoms with E-state index in [1.165, 1.54) is 19.2 Å². The zero-order chi connectivity index (χ0) is 13.7. The number of hydrogen-bond donors (Lipinski definition) is 0. The van der Waals surface area contributed by atoms with Crippen LogP contribution in [0.4, 0.5) is 0 Å². The summed E-state index contributed by atoms with van der Waals surface area (Å²) < 4.78 is 9.80. The van der Waals surface area contributed by atoms with Gasteiger partial charge in [-0.1, -0.05) is 18.7 Å². The lowest BCUT2D eigenvalue weighted by Crippen LogP contribution is -2.18. The van der Waals surface area contributed by atoms with Gasteiger partial charge in [0.2, 0.25) is 0 Å². The van der Waals surface area contributed by atoms with E-state index in [4.69, 9.17) is 4.74 Å². The first-order valence-electron chi connectivity index (χ1n) is 5.51. The average molecular weight is 248 g/mol. The molecule has 18 heavy (non-hydrogen) atoms. The third-order valence-corrected chi connectivity index (χ3v) is 2.53. The van der Waals surface area contributed by atoms with Crippen LogP contribution in [0.15, 0.2) is 36.4 Å². The molecule has 4 nitrogen and oxygen atoms in total. The Kier molecular flexibility index (Phi) is 4.66. The summed E-state index contributed by atoms with van der Waals surface area (Å²) in [4.78, 5) is 23.4. The van der Waals surface area contributed by atoms with Gasteiger partial charge in [0.15, 0.2) is 0 Å². The molecule has 1 atom stereocenters. The highest BCUT2D eigenvalue weighted by Gasteiger charge is 2.19. The summed E-state index contributed by atoms with van der Waals surface area (Å²) in [6.45, 7) is 7.20. The minimum Gasteiger partial charge on any atom is -0.465 e. The van der Waals surface area contributed by atoms with E-state index in [1.807, 2.05) is 0 Å². The van der Waals surface area contributed by atoms with Gasteiger partial charge in [0.25, 0.3) is 0 Å². The number of esters is 2. The van der Waals surface area contributed by atoms with Gasteiger partial charge in [-0.3, -0.25) is 0 Å². The molecule has 96 valence electrons. The van der Waals surface area contributed by atoms with Crippen LogP contribution in [0.1, 0.15) is 34.6 Å². The van der Waals surface area contributed by atoms with Gasteiger partial charge in [-0.25, -0.2) is 9.59 Å². The Labute approximate surface area is 106 Å². The number of benzene rings is 1. The molecular weight excluding hydrogens is 232 g/mol. The highest BCUT2D eigenvalue weighted by molar-refractivity contribution is 6.03. The van der Waals surface area contributed by atoms with Crippen molar-refractivity contribution in [2.24, 2.45) is 0 Å². The largest absolute Gasteiger partial charge is 0.465 e. The molecule has 1 aromatic carbocycles. The molecule has 1 rings (SSSR count). The molecule has 0 saturated heterocycles. The first-order valence-corrected chi connectivity index (χ1v) is 5.51.